The maximum absolute atomic E-state index is 13.8. The first kappa shape index (κ1) is 54.1. The average Bonchev–Trinajstić information content (AvgIpc) is 3.67. The molecule has 386 valence electrons. The van der Waals surface area contributed by atoms with Gasteiger partial charge in [0.2, 0.25) is 0 Å². The number of rotatable bonds is 22. The van der Waals surface area contributed by atoms with E-state index in [4.69, 9.17) is 4.74 Å². The molecule has 0 saturated heterocycles. The summed E-state index contributed by atoms with van der Waals surface area (Å²) in [6.45, 7) is 21.8. The summed E-state index contributed by atoms with van der Waals surface area (Å²) in [5, 5.41) is 1.51. The Bertz CT molecular complexity index is 2910. The first-order valence-corrected chi connectivity index (χ1v) is 31.7. The summed E-state index contributed by atoms with van der Waals surface area (Å²) in [6.07, 6.45) is 17.5. The molecule has 7 aromatic carbocycles. The normalized spacial score (nSPS) is 12.8. The van der Waals surface area contributed by atoms with Crippen LogP contribution < -0.4 is 15.0 Å². The monoisotopic (exact) mass is 1000 g/mol. The minimum absolute atomic E-state index is 0.0443. The largest absolute Gasteiger partial charge is 0.443 e. The molecule has 0 spiro atoms. The predicted octanol–water partition coefficient (Wildman–Crippen LogP) is 20.5. The van der Waals surface area contributed by atoms with Crippen LogP contribution in [0.15, 0.2) is 158 Å². The predicted molar refractivity (Wildman–Crippen MR) is 321 cm³/mol. The number of fused-ring (bicyclic) bond motifs is 3. The molecule has 1 aliphatic carbocycles. The summed E-state index contributed by atoms with van der Waals surface area (Å²) in [5.74, 6) is 0. The SMILES string of the molecule is CCCCCCCCC1(CCCCCCCC)c2cc(-c3ccc(N(c4ccc(C)cc4)c4ccc(N(C(=O)OC(C)(C)C)c5ccc(C)cc5)cc4)cc3)ccc2-c2ccc(-c3ccc([Si](C)(C)C)cc3)cc21. The summed E-state index contributed by atoms with van der Waals surface area (Å²) in [6, 6.07) is 58.5. The number of ether oxygens (including phenoxy) is 1. The van der Waals surface area contributed by atoms with Gasteiger partial charge in [0.05, 0.1) is 19.4 Å². The molecule has 0 atom stereocenters. The van der Waals surface area contributed by atoms with E-state index in [2.05, 4.69) is 174 Å². The van der Waals surface area contributed by atoms with E-state index in [9.17, 15) is 4.79 Å². The van der Waals surface area contributed by atoms with Crippen molar-refractivity contribution in [3.63, 3.8) is 0 Å². The van der Waals surface area contributed by atoms with Crippen LogP contribution >= 0.6 is 0 Å². The number of carbonyl (C=O) groups is 1. The number of nitrogens with zero attached hydrogens (tertiary/aromatic N) is 2. The van der Waals surface area contributed by atoms with E-state index in [0.717, 1.165) is 34.0 Å². The molecule has 7 aromatic rings. The van der Waals surface area contributed by atoms with Crippen molar-refractivity contribution < 1.29 is 9.53 Å². The molecule has 1 amide bonds. The minimum Gasteiger partial charge on any atom is -0.443 e. The molecule has 0 unspecified atom stereocenters. The van der Waals surface area contributed by atoms with Crippen LogP contribution in [0.5, 0.6) is 0 Å². The minimum atomic E-state index is -1.41. The second kappa shape index (κ2) is 24.0. The first-order valence-electron chi connectivity index (χ1n) is 28.2. The third-order valence-corrected chi connectivity index (χ3v) is 17.4. The molecule has 0 aliphatic heterocycles. The Labute approximate surface area is 447 Å². The Morgan fingerprint density at radius 1 is 0.459 bits per heavy atom. The molecule has 5 heteroatoms. The Kier molecular flexibility index (Phi) is 17.6. The van der Waals surface area contributed by atoms with E-state index in [1.165, 1.54) is 140 Å². The molecule has 0 saturated carbocycles. The fourth-order valence-corrected chi connectivity index (χ4v) is 12.3. The Morgan fingerprint density at radius 3 is 1.23 bits per heavy atom. The van der Waals surface area contributed by atoms with Crippen LogP contribution in [0, 0.1) is 13.8 Å². The lowest BCUT2D eigenvalue weighted by molar-refractivity contribution is 0.0599. The highest BCUT2D eigenvalue weighted by atomic mass is 28.3. The van der Waals surface area contributed by atoms with Gasteiger partial charge in [-0.1, -0.05) is 212 Å². The molecule has 0 heterocycles. The van der Waals surface area contributed by atoms with Crippen LogP contribution in [0.1, 0.15) is 147 Å². The highest BCUT2D eigenvalue weighted by Crippen LogP contribution is 2.56. The molecule has 1 aliphatic rings. The molecule has 0 radical (unpaired) electrons. The summed E-state index contributed by atoms with van der Waals surface area (Å²) in [5.41, 5.74) is 17.3. The highest BCUT2D eigenvalue weighted by Gasteiger charge is 2.43. The zero-order valence-electron chi connectivity index (χ0n) is 46.6. The van der Waals surface area contributed by atoms with Crippen molar-refractivity contribution in [2.75, 3.05) is 9.80 Å². The topological polar surface area (TPSA) is 32.8 Å². The fraction of sp³-hybridized carbons (Fsp3) is 0.377. The van der Waals surface area contributed by atoms with Crippen LogP contribution in [0.2, 0.25) is 19.6 Å². The van der Waals surface area contributed by atoms with Gasteiger partial charge in [0.1, 0.15) is 5.60 Å². The van der Waals surface area contributed by atoms with Gasteiger partial charge in [-0.15, -0.1) is 0 Å². The number of hydrogen-bond acceptors (Lipinski definition) is 3. The van der Waals surface area contributed by atoms with Gasteiger partial charge in [0.15, 0.2) is 0 Å². The number of hydrogen-bond donors (Lipinski definition) is 0. The van der Waals surface area contributed by atoms with Crippen LogP contribution in [-0.4, -0.2) is 19.8 Å². The van der Waals surface area contributed by atoms with E-state index in [0.29, 0.717) is 0 Å². The van der Waals surface area contributed by atoms with Gasteiger partial charge >= 0.3 is 6.09 Å². The number of unbranched alkanes of at least 4 members (excludes halogenated alkanes) is 10. The number of carbonyl (C=O) groups excluding carboxylic acids is 1. The first-order chi connectivity index (χ1) is 35.6. The van der Waals surface area contributed by atoms with E-state index < -0.39 is 19.8 Å². The standard InChI is InChI=1S/C69H84N2O2Si/c1-11-13-15-17-19-21-47-69(48-22-20-18-16-14-12-2)65-49-55(31-45-63(65)64-46-32-56(50-66(64)69)54-29-43-62(44-30-54)74(8,9)10)53-27-37-58(38-28-53)70(57-33-23-51(3)24-34-57)59-39-41-61(42-40-59)71(67(72)73-68(5,6)7)60-35-25-52(4)26-36-60/h23-46,49-50H,11-22,47-48H2,1-10H3. The Hall–Kier alpha value is -6.17. The Morgan fingerprint density at radius 2 is 0.811 bits per heavy atom. The summed E-state index contributed by atoms with van der Waals surface area (Å²) in [7, 11) is -1.41. The van der Waals surface area contributed by atoms with Gasteiger partial charge in [-0.25, -0.2) is 9.69 Å². The van der Waals surface area contributed by atoms with Crippen molar-refractivity contribution in [3.8, 4) is 33.4 Å². The van der Waals surface area contributed by atoms with Crippen molar-refractivity contribution in [1.29, 1.82) is 0 Å². The highest BCUT2D eigenvalue weighted by molar-refractivity contribution is 6.88. The van der Waals surface area contributed by atoms with Crippen molar-refractivity contribution in [2.24, 2.45) is 0 Å². The second-order valence-electron chi connectivity index (χ2n) is 23.4. The molecule has 0 bridgehead atoms. The van der Waals surface area contributed by atoms with Gasteiger partial charge in [0, 0.05) is 22.5 Å². The summed E-state index contributed by atoms with van der Waals surface area (Å²) >= 11 is 0. The molecule has 74 heavy (non-hydrogen) atoms. The second-order valence-corrected chi connectivity index (χ2v) is 28.4. The molecule has 4 nitrogen and oxygen atoms in total. The van der Waals surface area contributed by atoms with E-state index in [1.807, 2.05) is 57.2 Å². The lowest BCUT2D eigenvalue weighted by Gasteiger charge is -2.33. The van der Waals surface area contributed by atoms with Crippen molar-refractivity contribution in [1.82, 2.24) is 0 Å². The van der Waals surface area contributed by atoms with Crippen LogP contribution in [-0.2, 0) is 10.2 Å². The van der Waals surface area contributed by atoms with Gasteiger partial charge in [0.25, 0.3) is 0 Å². The molecule has 0 fully saturated rings. The lowest BCUT2D eigenvalue weighted by atomic mass is 9.70. The van der Waals surface area contributed by atoms with Crippen LogP contribution in [0.4, 0.5) is 33.2 Å². The number of amides is 1. The van der Waals surface area contributed by atoms with Gasteiger partial charge in [-0.05, 0) is 165 Å². The molecule has 8 rings (SSSR count). The molecule has 0 aromatic heterocycles. The Balaban J connectivity index is 1.16. The van der Waals surface area contributed by atoms with Crippen molar-refractivity contribution in [3.05, 3.63) is 180 Å². The third kappa shape index (κ3) is 12.8. The number of aryl methyl sites for hydroxylation is 2. The van der Waals surface area contributed by atoms with E-state index in [-0.39, 0.29) is 5.41 Å². The molecular formula is C69H84N2O2Si. The van der Waals surface area contributed by atoms with Crippen molar-refractivity contribution >= 4 is 47.8 Å². The lowest BCUT2D eigenvalue weighted by Crippen LogP contribution is -2.37. The number of anilines is 5. The smallest absolute Gasteiger partial charge is 0.419 e. The van der Waals surface area contributed by atoms with Gasteiger partial charge in [-0.3, -0.25) is 0 Å². The quantitative estimate of drug-likeness (QED) is 0.0501. The maximum atomic E-state index is 13.8. The molecule has 0 N–H and O–H groups in total. The zero-order chi connectivity index (χ0) is 52.5. The van der Waals surface area contributed by atoms with Crippen molar-refractivity contribution in [2.45, 2.75) is 169 Å². The third-order valence-electron chi connectivity index (χ3n) is 15.3. The maximum Gasteiger partial charge on any atom is 0.419 e. The zero-order valence-corrected chi connectivity index (χ0v) is 47.6. The van der Waals surface area contributed by atoms with Gasteiger partial charge in [-0.2, -0.15) is 0 Å². The van der Waals surface area contributed by atoms with E-state index in [1.54, 1.807) is 10.5 Å². The fourth-order valence-electron chi connectivity index (χ4n) is 11.2. The van der Waals surface area contributed by atoms with E-state index >= 15 is 0 Å². The number of benzene rings is 7. The van der Waals surface area contributed by atoms with Crippen LogP contribution in [0.3, 0.4) is 0 Å². The summed E-state index contributed by atoms with van der Waals surface area (Å²) in [4.78, 5) is 17.8. The molecular weight excluding hydrogens is 917 g/mol. The average molecular weight is 1000 g/mol. The van der Waals surface area contributed by atoms with Gasteiger partial charge < -0.3 is 9.64 Å². The van der Waals surface area contributed by atoms with Crippen LogP contribution in [0.25, 0.3) is 33.4 Å². The summed E-state index contributed by atoms with van der Waals surface area (Å²) < 4.78 is 5.94.